The fourth-order valence-corrected chi connectivity index (χ4v) is 2.90. The van der Waals surface area contributed by atoms with E-state index in [2.05, 4.69) is 81.2 Å². The lowest BCUT2D eigenvalue weighted by Gasteiger charge is -2.37. The van der Waals surface area contributed by atoms with Gasteiger partial charge in [0, 0.05) is 30.7 Å². The summed E-state index contributed by atoms with van der Waals surface area (Å²) in [4.78, 5) is 2.30. The van der Waals surface area contributed by atoms with Gasteiger partial charge in [0.25, 0.3) is 0 Å². The van der Waals surface area contributed by atoms with Crippen molar-refractivity contribution in [2.45, 2.75) is 26.8 Å². The first-order valence-corrected chi connectivity index (χ1v) is 7.49. The molecule has 0 amide bonds. The summed E-state index contributed by atoms with van der Waals surface area (Å²) < 4.78 is 0. The summed E-state index contributed by atoms with van der Waals surface area (Å²) in [5.74, 6) is 0. The van der Waals surface area contributed by atoms with Gasteiger partial charge in [-0.2, -0.15) is 0 Å². The molecule has 2 heteroatoms. The van der Waals surface area contributed by atoms with Crippen LogP contribution in [0.15, 0.2) is 54.6 Å². The fourth-order valence-electron chi connectivity index (χ4n) is 2.90. The summed E-state index contributed by atoms with van der Waals surface area (Å²) in [5, 5.41) is 0. The molecule has 21 heavy (non-hydrogen) atoms. The predicted octanol–water partition coefficient (Wildman–Crippen LogP) is 4.16. The van der Waals surface area contributed by atoms with Crippen molar-refractivity contribution in [2.75, 3.05) is 18.5 Å². The highest BCUT2D eigenvalue weighted by molar-refractivity contribution is 5.52. The molecule has 1 unspecified atom stereocenters. The Bertz CT molecular complexity index is 575. The van der Waals surface area contributed by atoms with Gasteiger partial charge >= 0.3 is 0 Å². The Kier molecular flexibility index (Phi) is 4.69. The highest BCUT2D eigenvalue weighted by Gasteiger charge is 2.29. The second-order valence-corrected chi connectivity index (χ2v) is 6.52. The molecule has 0 heterocycles. The number of aryl methyl sites for hydroxylation is 1. The second kappa shape index (κ2) is 6.31. The number of nitrogens with two attached hydrogens (primary N) is 1. The summed E-state index contributed by atoms with van der Waals surface area (Å²) in [7, 11) is 2.14. The third kappa shape index (κ3) is 3.64. The number of para-hydroxylation sites is 1. The monoisotopic (exact) mass is 282 g/mol. The van der Waals surface area contributed by atoms with Crippen LogP contribution in [0.2, 0.25) is 0 Å². The van der Waals surface area contributed by atoms with E-state index in [0.29, 0.717) is 0 Å². The van der Waals surface area contributed by atoms with Crippen LogP contribution in [-0.4, -0.2) is 13.6 Å². The topological polar surface area (TPSA) is 29.3 Å². The highest BCUT2D eigenvalue weighted by Crippen LogP contribution is 2.33. The van der Waals surface area contributed by atoms with Gasteiger partial charge in [-0.05, 0) is 24.1 Å². The van der Waals surface area contributed by atoms with Gasteiger partial charge in [0.05, 0.1) is 0 Å². The standard InChI is InChI=1S/C19H26N2/c1-15-10-8-9-13-17(15)21(4)14-19(2,3)18(20)16-11-6-5-7-12-16/h5-13,18H,14,20H2,1-4H3. The summed E-state index contributed by atoms with van der Waals surface area (Å²) >= 11 is 0. The van der Waals surface area contributed by atoms with Crippen molar-refractivity contribution in [1.29, 1.82) is 0 Å². The van der Waals surface area contributed by atoms with Crippen LogP contribution < -0.4 is 10.6 Å². The van der Waals surface area contributed by atoms with E-state index in [9.17, 15) is 0 Å². The molecule has 2 aromatic carbocycles. The molecule has 0 saturated heterocycles. The van der Waals surface area contributed by atoms with Gasteiger partial charge in [0.15, 0.2) is 0 Å². The molecular formula is C19H26N2. The van der Waals surface area contributed by atoms with Gasteiger partial charge in [0.1, 0.15) is 0 Å². The predicted molar refractivity (Wildman–Crippen MR) is 91.6 cm³/mol. The van der Waals surface area contributed by atoms with Crippen molar-refractivity contribution < 1.29 is 0 Å². The Labute approximate surface area is 128 Å². The van der Waals surface area contributed by atoms with E-state index in [-0.39, 0.29) is 11.5 Å². The Morgan fingerprint density at radius 2 is 1.57 bits per heavy atom. The molecule has 0 saturated carbocycles. The molecular weight excluding hydrogens is 256 g/mol. The van der Waals surface area contributed by atoms with Crippen LogP contribution in [-0.2, 0) is 0 Å². The van der Waals surface area contributed by atoms with E-state index in [4.69, 9.17) is 5.73 Å². The number of nitrogens with zero attached hydrogens (tertiary/aromatic N) is 1. The van der Waals surface area contributed by atoms with Crippen molar-refractivity contribution in [3.63, 3.8) is 0 Å². The van der Waals surface area contributed by atoms with Gasteiger partial charge in [-0.1, -0.05) is 62.4 Å². The van der Waals surface area contributed by atoms with Crippen LogP contribution >= 0.6 is 0 Å². The Hall–Kier alpha value is -1.80. The average Bonchev–Trinajstić information content (AvgIpc) is 2.47. The molecule has 0 bridgehead atoms. The zero-order valence-corrected chi connectivity index (χ0v) is 13.5. The van der Waals surface area contributed by atoms with Gasteiger partial charge in [-0.25, -0.2) is 0 Å². The molecule has 112 valence electrons. The number of hydrogen-bond donors (Lipinski definition) is 1. The zero-order valence-electron chi connectivity index (χ0n) is 13.5. The minimum Gasteiger partial charge on any atom is -0.374 e. The molecule has 1 atom stereocenters. The van der Waals surface area contributed by atoms with Crippen LogP contribution in [0.1, 0.15) is 31.0 Å². The van der Waals surface area contributed by atoms with Crippen molar-refractivity contribution in [1.82, 2.24) is 0 Å². The molecule has 0 aromatic heterocycles. The molecule has 0 aliphatic heterocycles. The number of hydrogen-bond acceptors (Lipinski definition) is 2. The van der Waals surface area contributed by atoms with E-state index >= 15 is 0 Å². The first-order valence-electron chi connectivity index (χ1n) is 7.49. The third-order valence-corrected chi connectivity index (χ3v) is 4.17. The lowest BCUT2D eigenvalue weighted by atomic mass is 9.80. The zero-order chi connectivity index (χ0) is 15.5. The summed E-state index contributed by atoms with van der Waals surface area (Å²) in [5.41, 5.74) is 10.3. The second-order valence-electron chi connectivity index (χ2n) is 6.52. The number of benzene rings is 2. The van der Waals surface area contributed by atoms with Crippen molar-refractivity contribution >= 4 is 5.69 Å². The van der Waals surface area contributed by atoms with E-state index in [1.54, 1.807) is 0 Å². The molecule has 0 spiro atoms. The molecule has 0 radical (unpaired) electrons. The molecule has 2 aromatic rings. The lowest BCUT2D eigenvalue weighted by Crippen LogP contribution is -2.39. The molecule has 2 rings (SSSR count). The minimum absolute atomic E-state index is 0.0155. The van der Waals surface area contributed by atoms with E-state index in [1.165, 1.54) is 16.8 Å². The van der Waals surface area contributed by atoms with Crippen molar-refractivity contribution in [2.24, 2.45) is 11.1 Å². The Balaban J connectivity index is 2.15. The third-order valence-electron chi connectivity index (χ3n) is 4.17. The summed E-state index contributed by atoms with van der Waals surface area (Å²) in [6.45, 7) is 7.53. The van der Waals surface area contributed by atoms with Crippen molar-refractivity contribution in [3.8, 4) is 0 Å². The van der Waals surface area contributed by atoms with E-state index in [0.717, 1.165) is 6.54 Å². The minimum atomic E-state index is -0.0155. The fraction of sp³-hybridized carbons (Fsp3) is 0.368. The van der Waals surface area contributed by atoms with Gasteiger partial charge in [-0.3, -0.25) is 0 Å². The molecule has 0 aliphatic carbocycles. The smallest absolute Gasteiger partial charge is 0.0393 e. The SMILES string of the molecule is Cc1ccccc1N(C)CC(C)(C)C(N)c1ccccc1. The Morgan fingerprint density at radius 3 is 2.19 bits per heavy atom. The lowest BCUT2D eigenvalue weighted by molar-refractivity contribution is 0.296. The Morgan fingerprint density at radius 1 is 1.00 bits per heavy atom. The normalized spacial score (nSPS) is 13.0. The largest absolute Gasteiger partial charge is 0.374 e. The quantitative estimate of drug-likeness (QED) is 0.892. The van der Waals surface area contributed by atoms with Crippen LogP contribution in [0, 0.1) is 12.3 Å². The maximum Gasteiger partial charge on any atom is 0.0393 e. The molecule has 0 aliphatic rings. The van der Waals surface area contributed by atoms with E-state index in [1.807, 2.05) is 6.07 Å². The van der Waals surface area contributed by atoms with Gasteiger partial charge in [-0.15, -0.1) is 0 Å². The molecule has 2 nitrogen and oxygen atoms in total. The number of rotatable bonds is 5. The molecule has 2 N–H and O–H groups in total. The van der Waals surface area contributed by atoms with Crippen LogP contribution in [0.3, 0.4) is 0 Å². The maximum absolute atomic E-state index is 6.51. The maximum atomic E-state index is 6.51. The number of anilines is 1. The highest BCUT2D eigenvalue weighted by atomic mass is 15.1. The van der Waals surface area contributed by atoms with Crippen LogP contribution in [0.25, 0.3) is 0 Å². The average molecular weight is 282 g/mol. The van der Waals surface area contributed by atoms with E-state index < -0.39 is 0 Å². The molecule has 0 fully saturated rings. The first-order chi connectivity index (χ1) is 9.92. The van der Waals surface area contributed by atoms with Crippen LogP contribution in [0.5, 0.6) is 0 Å². The van der Waals surface area contributed by atoms with Gasteiger partial charge in [0.2, 0.25) is 0 Å². The summed E-state index contributed by atoms with van der Waals surface area (Å²) in [6.07, 6.45) is 0. The first kappa shape index (κ1) is 15.6. The van der Waals surface area contributed by atoms with Crippen molar-refractivity contribution in [3.05, 3.63) is 65.7 Å². The summed E-state index contributed by atoms with van der Waals surface area (Å²) in [6, 6.07) is 18.9. The van der Waals surface area contributed by atoms with Crippen LogP contribution in [0.4, 0.5) is 5.69 Å². The van der Waals surface area contributed by atoms with Gasteiger partial charge < -0.3 is 10.6 Å².